The van der Waals surface area contributed by atoms with E-state index < -0.39 is 11.9 Å². The topological polar surface area (TPSA) is 43.4 Å². The molecule has 0 atom stereocenters. The Hall–Kier alpha value is -1.90. The molecule has 0 bridgehead atoms. The van der Waals surface area contributed by atoms with Crippen molar-refractivity contribution in [3.8, 4) is 0 Å². The molecule has 0 saturated heterocycles. The number of esters is 2. The standard InChI is InChI=1S/C13H12O3/c1-9-11(13(15)16-12(9)14)8-7-10-5-3-2-4-6-10/h2-6H,7-8H2,1H3. The van der Waals surface area contributed by atoms with Gasteiger partial charge in [0.2, 0.25) is 0 Å². The van der Waals surface area contributed by atoms with Crippen molar-refractivity contribution in [2.45, 2.75) is 19.8 Å². The van der Waals surface area contributed by atoms with Crippen molar-refractivity contribution in [2.24, 2.45) is 0 Å². The summed E-state index contributed by atoms with van der Waals surface area (Å²) in [6.07, 6.45) is 1.30. The van der Waals surface area contributed by atoms with Crippen LogP contribution in [-0.4, -0.2) is 11.9 Å². The Labute approximate surface area is 93.7 Å². The average molecular weight is 216 g/mol. The molecule has 0 aliphatic carbocycles. The molecule has 1 aliphatic heterocycles. The Morgan fingerprint density at radius 2 is 1.69 bits per heavy atom. The monoisotopic (exact) mass is 216 g/mol. The second-order valence-corrected chi connectivity index (χ2v) is 3.77. The van der Waals surface area contributed by atoms with Gasteiger partial charge in [-0.2, -0.15) is 0 Å². The van der Waals surface area contributed by atoms with Crippen LogP contribution in [0.4, 0.5) is 0 Å². The normalized spacial score (nSPS) is 15.6. The summed E-state index contributed by atoms with van der Waals surface area (Å²) < 4.78 is 4.52. The molecule has 0 unspecified atom stereocenters. The molecule has 82 valence electrons. The van der Waals surface area contributed by atoms with Crippen molar-refractivity contribution < 1.29 is 14.3 Å². The Bertz CT molecular complexity index is 457. The SMILES string of the molecule is CC1=C(CCc2ccccc2)C(=O)OC1=O. The van der Waals surface area contributed by atoms with Gasteiger partial charge in [0.05, 0.1) is 0 Å². The number of carbonyl (C=O) groups excluding carboxylic acids is 2. The number of aryl methyl sites for hydroxylation is 1. The third kappa shape index (κ3) is 2.03. The van der Waals surface area contributed by atoms with E-state index in [4.69, 9.17) is 0 Å². The summed E-state index contributed by atoms with van der Waals surface area (Å²) in [5, 5.41) is 0. The van der Waals surface area contributed by atoms with Crippen LogP contribution < -0.4 is 0 Å². The van der Waals surface area contributed by atoms with Gasteiger partial charge in [-0.25, -0.2) is 9.59 Å². The molecule has 0 radical (unpaired) electrons. The second-order valence-electron chi connectivity index (χ2n) is 3.77. The van der Waals surface area contributed by atoms with Crippen LogP contribution in [0.15, 0.2) is 41.5 Å². The van der Waals surface area contributed by atoms with Gasteiger partial charge in [-0.05, 0) is 25.3 Å². The predicted molar refractivity (Wildman–Crippen MR) is 58.6 cm³/mol. The molecule has 1 aromatic rings. The van der Waals surface area contributed by atoms with Gasteiger partial charge in [-0.1, -0.05) is 30.3 Å². The van der Waals surface area contributed by atoms with E-state index in [0.29, 0.717) is 17.6 Å². The van der Waals surface area contributed by atoms with Crippen LogP contribution in [0.25, 0.3) is 0 Å². The first-order valence-corrected chi connectivity index (χ1v) is 5.18. The number of hydrogen-bond acceptors (Lipinski definition) is 3. The highest BCUT2D eigenvalue weighted by Gasteiger charge is 2.28. The number of ether oxygens (including phenoxy) is 1. The Morgan fingerprint density at radius 1 is 1.00 bits per heavy atom. The van der Waals surface area contributed by atoms with E-state index in [-0.39, 0.29) is 0 Å². The minimum absolute atomic E-state index is 0.445. The summed E-state index contributed by atoms with van der Waals surface area (Å²) in [5.41, 5.74) is 2.10. The van der Waals surface area contributed by atoms with E-state index in [9.17, 15) is 9.59 Å². The maximum atomic E-state index is 11.3. The van der Waals surface area contributed by atoms with Crippen molar-refractivity contribution in [2.75, 3.05) is 0 Å². The van der Waals surface area contributed by atoms with Gasteiger partial charge in [0.1, 0.15) is 0 Å². The van der Waals surface area contributed by atoms with Crippen molar-refractivity contribution in [3.63, 3.8) is 0 Å². The lowest BCUT2D eigenvalue weighted by Gasteiger charge is -2.00. The number of rotatable bonds is 3. The number of hydrogen-bond donors (Lipinski definition) is 0. The molecule has 1 aromatic carbocycles. The van der Waals surface area contributed by atoms with Gasteiger partial charge < -0.3 is 4.74 Å². The van der Waals surface area contributed by atoms with Crippen LogP contribution in [0, 0.1) is 0 Å². The largest absolute Gasteiger partial charge is 0.386 e. The fourth-order valence-electron chi connectivity index (χ4n) is 1.70. The third-order valence-corrected chi connectivity index (χ3v) is 2.70. The van der Waals surface area contributed by atoms with Gasteiger partial charge in [0, 0.05) is 11.1 Å². The molecule has 0 amide bonds. The molecule has 0 aromatic heterocycles. The highest BCUT2D eigenvalue weighted by Crippen LogP contribution is 2.21. The molecular weight excluding hydrogens is 204 g/mol. The summed E-state index contributed by atoms with van der Waals surface area (Å²) in [7, 11) is 0. The first-order valence-electron chi connectivity index (χ1n) is 5.18. The third-order valence-electron chi connectivity index (χ3n) is 2.70. The van der Waals surface area contributed by atoms with Gasteiger partial charge in [-0.15, -0.1) is 0 Å². The number of benzene rings is 1. The van der Waals surface area contributed by atoms with E-state index in [1.54, 1.807) is 6.92 Å². The van der Waals surface area contributed by atoms with Crippen LogP contribution in [-0.2, 0) is 20.7 Å². The molecule has 0 spiro atoms. The van der Waals surface area contributed by atoms with Crippen LogP contribution in [0.2, 0.25) is 0 Å². The summed E-state index contributed by atoms with van der Waals surface area (Å²) in [6.45, 7) is 1.63. The van der Waals surface area contributed by atoms with Crippen molar-refractivity contribution in [1.82, 2.24) is 0 Å². The van der Waals surface area contributed by atoms with Gasteiger partial charge in [0.15, 0.2) is 0 Å². The Balaban J connectivity index is 2.06. The number of cyclic esters (lactones) is 2. The van der Waals surface area contributed by atoms with Crippen LogP contribution in [0.1, 0.15) is 18.9 Å². The minimum atomic E-state index is -0.506. The van der Waals surface area contributed by atoms with Gasteiger partial charge in [0.25, 0.3) is 0 Å². The molecule has 3 heteroatoms. The van der Waals surface area contributed by atoms with Crippen LogP contribution in [0.3, 0.4) is 0 Å². The molecule has 1 heterocycles. The quantitative estimate of drug-likeness (QED) is 0.573. The summed E-state index contributed by atoms with van der Waals surface area (Å²) in [5.74, 6) is -0.994. The molecule has 3 nitrogen and oxygen atoms in total. The van der Waals surface area contributed by atoms with Crippen molar-refractivity contribution >= 4 is 11.9 Å². The van der Waals surface area contributed by atoms with Crippen LogP contribution in [0.5, 0.6) is 0 Å². The lowest BCUT2D eigenvalue weighted by atomic mass is 10.0. The predicted octanol–water partition coefficient (Wildman–Crippen LogP) is 2.02. The zero-order valence-electron chi connectivity index (χ0n) is 9.03. The fraction of sp³-hybridized carbons (Fsp3) is 0.231. The first-order chi connectivity index (χ1) is 7.68. The van der Waals surface area contributed by atoms with Crippen LogP contribution >= 0.6 is 0 Å². The molecular formula is C13H12O3. The van der Waals surface area contributed by atoms with E-state index in [1.807, 2.05) is 30.3 Å². The molecule has 2 rings (SSSR count). The maximum absolute atomic E-state index is 11.3. The summed E-state index contributed by atoms with van der Waals surface area (Å²) in [4.78, 5) is 22.4. The zero-order chi connectivity index (χ0) is 11.5. The lowest BCUT2D eigenvalue weighted by molar-refractivity contribution is -0.151. The average Bonchev–Trinajstić information content (AvgIpc) is 2.53. The van der Waals surface area contributed by atoms with Gasteiger partial charge >= 0.3 is 11.9 Å². The van der Waals surface area contributed by atoms with Gasteiger partial charge in [-0.3, -0.25) is 0 Å². The number of carbonyl (C=O) groups is 2. The van der Waals surface area contributed by atoms with E-state index >= 15 is 0 Å². The highest BCUT2D eigenvalue weighted by molar-refractivity contribution is 6.11. The first kappa shape index (κ1) is 10.6. The van der Waals surface area contributed by atoms with E-state index in [2.05, 4.69) is 4.74 Å². The Morgan fingerprint density at radius 3 is 2.25 bits per heavy atom. The maximum Gasteiger partial charge on any atom is 0.342 e. The molecule has 0 fully saturated rings. The van der Waals surface area contributed by atoms with Crippen molar-refractivity contribution in [3.05, 3.63) is 47.0 Å². The minimum Gasteiger partial charge on any atom is -0.386 e. The molecule has 16 heavy (non-hydrogen) atoms. The lowest BCUT2D eigenvalue weighted by Crippen LogP contribution is -2.02. The molecule has 0 saturated carbocycles. The molecule has 0 N–H and O–H groups in total. The summed E-state index contributed by atoms with van der Waals surface area (Å²) in [6, 6.07) is 9.85. The van der Waals surface area contributed by atoms with E-state index in [0.717, 1.165) is 12.0 Å². The summed E-state index contributed by atoms with van der Waals surface area (Å²) >= 11 is 0. The zero-order valence-corrected chi connectivity index (χ0v) is 9.03. The smallest absolute Gasteiger partial charge is 0.342 e. The molecule has 1 aliphatic rings. The van der Waals surface area contributed by atoms with Crippen molar-refractivity contribution in [1.29, 1.82) is 0 Å². The fourth-order valence-corrected chi connectivity index (χ4v) is 1.70. The highest BCUT2D eigenvalue weighted by atomic mass is 16.6. The van der Waals surface area contributed by atoms with E-state index in [1.165, 1.54) is 0 Å². The second kappa shape index (κ2) is 4.31. The Kier molecular flexibility index (Phi) is 2.86.